The van der Waals surface area contributed by atoms with Gasteiger partial charge in [0, 0.05) is 41.0 Å². The zero-order valence-corrected chi connectivity index (χ0v) is 22.2. The highest BCUT2D eigenvalue weighted by atomic mass is 35.5. The number of halogens is 4. The number of hydrogen-bond acceptors (Lipinski definition) is 6. The molecule has 0 saturated heterocycles. The first-order valence-electron chi connectivity index (χ1n) is 12.4. The molecule has 1 fully saturated rings. The Morgan fingerprint density at radius 1 is 1.23 bits per heavy atom. The van der Waals surface area contributed by atoms with Crippen LogP contribution >= 0.6 is 11.6 Å². The molecule has 3 rings (SSSR count). The van der Waals surface area contributed by atoms with E-state index >= 15 is 0 Å². The molecular weight excluding hydrogens is 533 g/mol. The number of benzene rings is 2. The zero-order chi connectivity index (χ0) is 28.6. The quantitative estimate of drug-likeness (QED) is 0.229. The minimum absolute atomic E-state index is 0.0720. The van der Waals surface area contributed by atoms with Crippen LogP contribution in [0.2, 0.25) is 5.02 Å². The van der Waals surface area contributed by atoms with Gasteiger partial charge in [0.15, 0.2) is 0 Å². The first-order chi connectivity index (χ1) is 18.5. The van der Waals surface area contributed by atoms with E-state index in [0.717, 1.165) is 23.3 Å². The van der Waals surface area contributed by atoms with Crippen LogP contribution in [0.15, 0.2) is 64.8 Å². The van der Waals surface area contributed by atoms with Crippen LogP contribution in [0.5, 0.6) is 5.75 Å². The number of amidine groups is 1. The number of carbonyl (C=O) groups excluding carboxylic acids is 1. The average Bonchev–Trinajstić information content (AvgIpc) is 2.90. The summed E-state index contributed by atoms with van der Waals surface area (Å²) in [6, 6.07) is 12.0. The number of carbonyl (C=O) groups is 1. The molecule has 210 valence electrons. The molecule has 12 heteroatoms. The van der Waals surface area contributed by atoms with Crippen LogP contribution in [0.4, 0.5) is 18.0 Å². The number of phenols is 1. The number of alkyl halides is 3. The van der Waals surface area contributed by atoms with E-state index in [1.165, 1.54) is 24.3 Å². The molecule has 1 atom stereocenters. The van der Waals surface area contributed by atoms with Crippen molar-refractivity contribution in [2.75, 3.05) is 20.1 Å². The lowest BCUT2D eigenvalue weighted by Crippen LogP contribution is -2.46. The second-order valence-electron chi connectivity index (χ2n) is 9.16. The summed E-state index contributed by atoms with van der Waals surface area (Å²) in [6.45, 7) is -0.529. The van der Waals surface area contributed by atoms with Crippen LogP contribution < -0.4 is 16.4 Å². The number of nitrogens with one attached hydrogen (secondary N) is 3. The van der Waals surface area contributed by atoms with Crippen LogP contribution in [-0.2, 0) is 6.54 Å². The summed E-state index contributed by atoms with van der Waals surface area (Å²) >= 11 is 6.27. The second-order valence-corrected chi connectivity index (χ2v) is 9.56. The lowest BCUT2D eigenvalue weighted by atomic mass is 9.87. The molecule has 2 amide bonds. The minimum Gasteiger partial charge on any atom is -0.508 e. The summed E-state index contributed by atoms with van der Waals surface area (Å²) in [4.78, 5) is 18.5. The zero-order valence-electron chi connectivity index (χ0n) is 21.5. The van der Waals surface area contributed by atoms with Crippen molar-refractivity contribution >= 4 is 29.2 Å². The SMILES string of the molecule is CNC1CC/C(=C(/N)CNC(=O)N(CCC(F)(F)F)C(=N)c2ccc(O)cc2)C(=NCc2ccccc2Cl)C1. The topological polar surface area (TPSA) is 127 Å². The van der Waals surface area contributed by atoms with E-state index < -0.39 is 31.0 Å². The molecule has 0 bridgehead atoms. The molecular formula is C27H32ClF3N6O2. The summed E-state index contributed by atoms with van der Waals surface area (Å²) in [6.07, 6.45) is -3.78. The number of aliphatic imine (C=N–C) groups is 1. The fourth-order valence-corrected chi connectivity index (χ4v) is 4.38. The number of aromatic hydroxyl groups is 1. The number of phenolic OH excluding ortho intramolecular Hbond substituents is 1. The van der Waals surface area contributed by atoms with Crippen LogP contribution in [-0.4, -0.2) is 59.9 Å². The van der Waals surface area contributed by atoms with Crippen LogP contribution in [0, 0.1) is 5.41 Å². The fraction of sp³-hybridized carbons (Fsp3) is 0.370. The third-order valence-electron chi connectivity index (χ3n) is 6.43. The monoisotopic (exact) mass is 564 g/mol. The number of nitrogens with two attached hydrogens (primary N) is 1. The summed E-state index contributed by atoms with van der Waals surface area (Å²) in [5, 5.41) is 24.2. The molecule has 1 aliphatic carbocycles. The lowest BCUT2D eigenvalue weighted by molar-refractivity contribution is -0.135. The van der Waals surface area contributed by atoms with Gasteiger partial charge in [0.1, 0.15) is 11.6 Å². The smallest absolute Gasteiger partial charge is 0.390 e. The number of hydrogen-bond donors (Lipinski definition) is 5. The van der Waals surface area contributed by atoms with E-state index in [0.29, 0.717) is 35.0 Å². The molecule has 0 aliphatic heterocycles. The van der Waals surface area contributed by atoms with Gasteiger partial charge in [-0.2, -0.15) is 13.2 Å². The van der Waals surface area contributed by atoms with Crippen molar-refractivity contribution in [1.82, 2.24) is 15.5 Å². The first-order valence-corrected chi connectivity index (χ1v) is 12.8. The molecule has 39 heavy (non-hydrogen) atoms. The number of urea groups is 1. The molecule has 2 aromatic rings. The maximum atomic E-state index is 13.0. The van der Waals surface area contributed by atoms with Gasteiger partial charge in [-0.1, -0.05) is 29.8 Å². The number of nitrogens with zero attached hydrogens (tertiary/aromatic N) is 2. The van der Waals surface area contributed by atoms with E-state index in [9.17, 15) is 23.1 Å². The fourth-order valence-electron chi connectivity index (χ4n) is 4.18. The van der Waals surface area contributed by atoms with Crippen LogP contribution in [0.1, 0.15) is 36.8 Å². The molecule has 0 spiro atoms. The van der Waals surface area contributed by atoms with Gasteiger partial charge in [-0.05, 0) is 61.4 Å². The Hall–Kier alpha value is -3.57. The second kappa shape index (κ2) is 13.5. The summed E-state index contributed by atoms with van der Waals surface area (Å²) in [5.74, 6) is -0.503. The highest BCUT2D eigenvalue weighted by Crippen LogP contribution is 2.25. The van der Waals surface area contributed by atoms with Crippen molar-refractivity contribution in [2.45, 2.75) is 44.4 Å². The Bertz CT molecular complexity index is 1230. The molecule has 8 nitrogen and oxygen atoms in total. The number of rotatable bonds is 8. The number of amides is 2. The van der Waals surface area contributed by atoms with Crippen molar-refractivity contribution in [3.63, 3.8) is 0 Å². The van der Waals surface area contributed by atoms with Gasteiger partial charge < -0.3 is 21.5 Å². The predicted molar refractivity (Wildman–Crippen MR) is 146 cm³/mol. The van der Waals surface area contributed by atoms with E-state index in [4.69, 9.17) is 27.7 Å². The third-order valence-corrected chi connectivity index (χ3v) is 6.80. The van der Waals surface area contributed by atoms with Crippen molar-refractivity contribution in [3.05, 3.63) is 76.0 Å². The molecule has 0 radical (unpaired) electrons. The Kier molecular flexibility index (Phi) is 10.4. The molecule has 1 saturated carbocycles. The van der Waals surface area contributed by atoms with Crippen LogP contribution in [0.25, 0.3) is 0 Å². The van der Waals surface area contributed by atoms with Gasteiger partial charge >= 0.3 is 12.2 Å². The predicted octanol–water partition coefficient (Wildman–Crippen LogP) is 4.96. The Balaban J connectivity index is 1.78. The lowest BCUT2D eigenvalue weighted by Gasteiger charge is -2.28. The van der Waals surface area contributed by atoms with Gasteiger partial charge in [0.25, 0.3) is 0 Å². The van der Waals surface area contributed by atoms with E-state index in [2.05, 4.69) is 10.6 Å². The minimum atomic E-state index is -4.52. The van der Waals surface area contributed by atoms with Crippen molar-refractivity contribution < 1.29 is 23.1 Å². The molecule has 1 unspecified atom stereocenters. The maximum Gasteiger partial charge on any atom is 0.390 e. The Labute approximate surface area is 230 Å². The van der Waals surface area contributed by atoms with Crippen LogP contribution in [0.3, 0.4) is 0 Å². The van der Waals surface area contributed by atoms with Gasteiger partial charge in [0.2, 0.25) is 0 Å². The normalized spacial score (nSPS) is 18.1. The molecule has 0 aromatic heterocycles. The Morgan fingerprint density at radius 2 is 1.92 bits per heavy atom. The van der Waals surface area contributed by atoms with E-state index in [1.54, 1.807) is 6.07 Å². The third kappa shape index (κ3) is 8.72. The molecule has 0 heterocycles. The summed E-state index contributed by atoms with van der Waals surface area (Å²) in [7, 11) is 1.87. The maximum absolute atomic E-state index is 13.0. The summed E-state index contributed by atoms with van der Waals surface area (Å²) < 4.78 is 38.9. The van der Waals surface area contributed by atoms with E-state index in [-0.39, 0.29) is 23.9 Å². The highest BCUT2D eigenvalue weighted by molar-refractivity contribution is 6.31. The van der Waals surface area contributed by atoms with Crippen molar-refractivity contribution in [2.24, 2.45) is 10.7 Å². The Morgan fingerprint density at radius 3 is 2.56 bits per heavy atom. The van der Waals surface area contributed by atoms with Crippen molar-refractivity contribution in [3.8, 4) is 5.75 Å². The summed E-state index contributed by atoms with van der Waals surface area (Å²) in [5.41, 5.74) is 9.32. The van der Waals surface area contributed by atoms with Gasteiger partial charge in [-0.3, -0.25) is 15.3 Å². The number of allylic oxidation sites excluding steroid dienone is 1. The first kappa shape index (κ1) is 30.0. The van der Waals surface area contributed by atoms with Gasteiger partial charge in [-0.15, -0.1) is 0 Å². The standard InChI is InChI=1S/C27H32ClF3N6O2/c1-34-19-8-11-21(24(14-19)35-15-18-4-2-3-5-22(18)28)23(32)16-36-26(39)37(13-12-27(29,30)31)25(33)17-6-9-20(38)10-7-17/h2-7,9-10,19,33-34,38H,8,11-16,32H2,1H3,(H,36,39)/b23-21-,33-25?,35-24?. The van der Waals surface area contributed by atoms with Gasteiger partial charge in [0.05, 0.1) is 19.5 Å². The van der Waals surface area contributed by atoms with E-state index in [1.807, 2.05) is 25.2 Å². The molecule has 1 aliphatic rings. The highest BCUT2D eigenvalue weighted by Gasteiger charge is 2.31. The average molecular weight is 565 g/mol. The van der Waals surface area contributed by atoms with Crippen molar-refractivity contribution in [1.29, 1.82) is 5.41 Å². The molecule has 2 aromatic carbocycles. The molecule has 6 N–H and O–H groups in total. The largest absolute Gasteiger partial charge is 0.508 e. The van der Waals surface area contributed by atoms with Gasteiger partial charge in [-0.25, -0.2) is 4.79 Å².